The molecule has 0 aliphatic carbocycles. The average Bonchev–Trinajstić information content (AvgIpc) is 3.08. The number of aryl methyl sites for hydroxylation is 1. The third-order valence-corrected chi connectivity index (χ3v) is 4.58. The lowest BCUT2D eigenvalue weighted by molar-refractivity contribution is -0.140. The number of hydrogen-bond donors (Lipinski definition) is 1. The summed E-state index contributed by atoms with van der Waals surface area (Å²) in [4.78, 5) is 28.8. The van der Waals surface area contributed by atoms with Crippen molar-refractivity contribution in [3.05, 3.63) is 47.3 Å². The molecule has 0 radical (unpaired) electrons. The van der Waals surface area contributed by atoms with Gasteiger partial charge in [-0.25, -0.2) is 0 Å². The fourth-order valence-corrected chi connectivity index (χ4v) is 3.18. The predicted octanol–water partition coefficient (Wildman–Crippen LogP) is 0.418. The van der Waals surface area contributed by atoms with Crippen molar-refractivity contribution in [1.82, 2.24) is 24.8 Å². The van der Waals surface area contributed by atoms with E-state index >= 15 is 0 Å². The summed E-state index contributed by atoms with van der Waals surface area (Å²) in [5.74, 6) is -0.329. The minimum atomic E-state index is -0.527. The fourth-order valence-electron chi connectivity index (χ4n) is 3.18. The number of hydrogen-bond acceptors (Lipinski definition) is 5. The van der Waals surface area contributed by atoms with Gasteiger partial charge in [-0.2, -0.15) is 0 Å². The van der Waals surface area contributed by atoms with Gasteiger partial charge in [0.1, 0.15) is 6.04 Å². The minimum absolute atomic E-state index is 0.0551. The van der Waals surface area contributed by atoms with Gasteiger partial charge in [0.05, 0.1) is 12.7 Å². The van der Waals surface area contributed by atoms with Crippen molar-refractivity contribution in [2.45, 2.75) is 33.0 Å². The molecular weight excluding hydrogens is 332 g/mol. The predicted molar refractivity (Wildman–Crippen MR) is 96.2 cm³/mol. The molecule has 0 unspecified atom stereocenters. The van der Waals surface area contributed by atoms with Crippen molar-refractivity contribution in [2.75, 3.05) is 19.6 Å². The van der Waals surface area contributed by atoms with Gasteiger partial charge in [-0.05, 0) is 19.4 Å². The van der Waals surface area contributed by atoms with E-state index in [0.717, 1.165) is 11.1 Å². The highest BCUT2D eigenvalue weighted by Crippen LogP contribution is 2.17. The van der Waals surface area contributed by atoms with Crippen LogP contribution in [0.25, 0.3) is 0 Å². The Kier molecular flexibility index (Phi) is 5.32. The molecular formula is C18H24N6O2. The molecule has 1 aromatic heterocycles. The van der Waals surface area contributed by atoms with Crippen molar-refractivity contribution >= 4 is 11.8 Å². The molecule has 2 heterocycles. The van der Waals surface area contributed by atoms with Crippen LogP contribution >= 0.6 is 0 Å². The van der Waals surface area contributed by atoms with E-state index < -0.39 is 6.04 Å². The summed E-state index contributed by atoms with van der Waals surface area (Å²) in [6, 6.07) is 7.58. The number of amides is 2. The zero-order chi connectivity index (χ0) is 18.7. The Bertz CT molecular complexity index is 802. The monoisotopic (exact) mass is 356 g/mol. The maximum Gasteiger partial charge on any atom is 0.276 e. The average molecular weight is 356 g/mol. The summed E-state index contributed by atoms with van der Waals surface area (Å²) in [5.41, 5.74) is 7.98. The van der Waals surface area contributed by atoms with Crippen LogP contribution in [0.2, 0.25) is 0 Å². The van der Waals surface area contributed by atoms with Crippen LogP contribution in [-0.4, -0.2) is 62.3 Å². The number of nitrogens with zero attached hydrogens (tertiary/aromatic N) is 5. The molecule has 1 atom stereocenters. The van der Waals surface area contributed by atoms with Crippen LogP contribution in [0.4, 0.5) is 0 Å². The maximum atomic E-state index is 12.7. The Balaban J connectivity index is 1.67. The first-order valence-corrected chi connectivity index (χ1v) is 8.75. The minimum Gasteiger partial charge on any atom is -0.335 e. The molecule has 8 nitrogen and oxygen atoms in total. The molecule has 26 heavy (non-hydrogen) atoms. The first-order chi connectivity index (χ1) is 12.5. The standard InChI is InChI=1S/C18H24N6O2/c1-13-4-3-5-15(10-13)11-22-8-9-24(14(2)17(22)25)18(26)16-12-23(7-6-19)21-20-16/h3-5,10,12,14H,6-9,11,19H2,1-2H3/t14-/m0/s1. The van der Waals surface area contributed by atoms with E-state index in [-0.39, 0.29) is 17.5 Å². The molecule has 0 spiro atoms. The van der Waals surface area contributed by atoms with E-state index in [4.69, 9.17) is 5.73 Å². The summed E-state index contributed by atoms with van der Waals surface area (Å²) in [7, 11) is 0. The Morgan fingerprint density at radius 3 is 2.88 bits per heavy atom. The summed E-state index contributed by atoms with van der Waals surface area (Å²) < 4.78 is 1.54. The third kappa shape index (κ3) is 3.75. The van der Waals surface area contributed by atoms with Crippen LogP contribution in [0.1, 0.15) is 28.5 Å². The molecule has 1 fully saturated rings. The first kappa shape index (κ1) is 18.1. The molecule has 2 N–H and O–H groups in total. The quantitative estimate of drug-likeness (QED) is 0.837. The summed E-state index contributed by atoms with van der Waals surface area (Å²) in [5, 5.41) is 7.80. The smallest absolute Gasteiger partial charge is 0.276 e. The second kappa shape index (κ2) is 7.65. The van der Waals surface area contributed by atoms with E-state index in [0.29, 0.717) is 32.7 Å². The maximum absolute atomic E-state index is 12.7. The summed E-state index contributed by atoms with van der Waals surface area (Å²) in [6.45, 7) is 6.23. The van der Waals surface area contributed by atoms with Gasteiger partial charge in [0.25, 0.3) is 5.91 Å². The molecule has 1 aromatic carbocycles. The van der Waals surface area contributed by atoms with Crippen molar-refractivity contribution in [1.29, 1.82) is 0 Å². The van der Waals surface area contributed by atoms with Crippen LogP contribution in [0, 0.1) is 6.92 Å². The SMILES string of the molecule is Cc1cccc(CN2CCN(C(=O)c3cn(CCN)nn3)[C@@H](C)C2=O)c1. The molecule has 1 aliphatic heterocycles. The van der Waals surface area contributed by atoms with Crippen molar-refractivity contribution in [3.8, 4) is 0 Å². The highest BCUT2D eigenvalue weighted by molar-refractivity contribution is 5.96. The molecule has 8 heteroatoms. The molecule has 0 bridgehead atoms. The largest absolute Gasteiger partial charge is 0.335 e. The Labute approximate surface area is 152 Å². The van der Waals surface area contributed by atoms with Crippen LogP contribution < -0.4 is 5.73 Å². The normalized spacial score (nSPS) is 17.7. The lowest BCUT2D eigenvalue weighted by atomic mass is 10.1. The van der Waals surface area contributed by atoms with E-state index in [1.165, 1.54) is 4.68 Å². The second-order valence-corrected chi connectivity index (χ2v) is 6.58. The van der Waals surface area contributed by atoms with Gasteiger partial charge >= 0.3 is 0 Å². The van der Waals surface area contributed by atoms with Gasteiger partial charge in [-0.15, -0.1) is 5.10 Å². The van der Waals surface area contributed by atoms with E-state index in [2.05, 4.69) is 16.4 Å². The van der Waals surface area contributed by atoms with E-state index in [1.54, 1.807) is 22.9 Å². The lowest BCUT2D eigenvalue weighted by Gasteiger charge is -2.38. The molecule has 0 saturated carbocycles. The second-order valence-electron chi connectivity index (χ2n) is 6.58. The van der Waals surface area contributed by atoms with Crippen LogP contribution in [0.3, 0.4) is 0 Å². The van der Waals surface area contributed by atoms with Gasteiger partial charge in [0, 0.05) is 26.2 Å². The van der Waals surface area contributed by atoms with Gasteiger partial charge in [-0.3, -0.25) is 14.3 Å². The van der Waals surface area contributed by atoms with Gasteiger partial charge in [-0.1, -0.05) is 35.0 Å². The molecule has 138 valence electrons. The summed E-state index contributed by atoms with van der Waals surface area (Å²) >= 11 is 0. The molecule has 2 amide bonds. The van der Waals surface area contributed by atoms with Gasteiger partial charge in [0.2, 0.25) is 5.91 Å². The Morgan fingerprint density at radius 1 is 1.35 bits per heavy atom. The molecule has 1 saturated heterocycles. The zero-order valence-corrected chi connectivity index (χ0v) is 15.1. The van der Waals surface area contributed by atoms with Gasteiger partial charge in [0.15, 0.2) is 5.69 Å². The van der Waals surface area contributed by atoms with Gasteiger partial charge < -0.3 is 15.5 Å². The van der Waals surface area contributed by atoms with Crippen molar-refractivity contribution in [2.24, 2.45) is 5.73 Å². The first-order valence-electron chi connectivity index (χ1n) is 8.75. The highest BCUT2D eigenvalue weighted by Gasteiger charge is 2.35. The molecule has 3 rings (SSSR count). The Hall–Kier alpha value is -2.74. The number of carbonyl (C=O) groups excluding carboxylic acids is 2. The van der Waals surface area contributed by atoms with Crippen LogP contribution in [-0.2, 0) is 17.9 Å². The topological polar surface area (TPSA) is 97.3 Å². The van der Waals surface area contributed by atoms with E-state index in [1.807, 2.05) is 25.1 Å². The fraction of sp³-hybridized carbons (Fsp3) is 0.444. The third-order valence-electron chi connectivity index (χ3n) is 4.58. The van der Waals surface area contributed by atoms with Crippen molar-refractivity contribution in [3.63, 3.8) is 0 Å². The summed E-state index contributed by atoms with van der Waals surface area (Å²) in [6.07, 6.45) is 1.57. The lowest BCUT2D eigenvalue weighted by Crippen LogP contribution is -2.57. The van der Waals surface area contributed by atoms with Crippen molar-refractivity contribution < 1.29 is 9.59 Å². The number of nitrogens with two attached hydrogens (primary N) is 1. The number of rotatable bonds is 5. The zero-order valence-electron chi connectivity index (χ0n) is 15.1. The Morgan fingerprint density at radius 2 is 2.15 bits per heavy atom. The number of carbonyl (C=O) groups is 2. The molecule has 2 aromatic rings. The molecule has 1 aliphatic rings. The van der Waals surface area contributed by atoms with Crippen LogP contribution in [0.5, 0.6) is 0 Å². The van der Waals surface area contributed by atoms with E-state index in [9.17, 15) is 9.59 Å². The number of benzene rings is 1. The van der Waals surface area contributed by atoms with Crippen LogP contribution in [0.15, 0.2) is 30.5 Å². The number of piperazine rings is 1. The number of aromatic nitrogens is 3. The highest BCUT2D eigenvalue weighted by atomic mass is 16.2.